The minimum absolute atomic E-state index is 0.0478. The number of carbonyl (C=O) groups is 1. The fourth-order valence-electron chi connectivity index (χ4n) is 2.34. The predicted octanol–water partition coefficient (Wildman–Crippen LogP) is 2.78. The number of aryl methyl sites for hydroxylation is 1. The molecule has 1 saturated carbocycles. The number of hydrogen-bond acceptors (Lipinski definition) is 5. The van der Waals surface area contributed by atoms with Gasteiger partial charge in [0.15, 0.2) is 10.8 Å². The van der Waals surface area contributed by atoms with E-state index in [0.29, 0.717) is 21.6 Å². The predicted molar refractivity (Wildman–Crippen MR) is 82.2 cm³/mol. The summed E-state index contributed by atoms with van der Waals surface area (Å²) in [6, 6.07) is 2.05. The van der Waals surface area contributed by atoms with Crippen molar-refractivity contribution in [1.82, 2.24) is 19.9 Å². The highest BCUT2D eigenvalue weighted by Gasteiger charge is 2.33. The summed E-state index contributed by atoms with van der Waals surface area (Å²) in [6.07, 6.45) is 5.82. The molecule has 2 aromatic rings. The molecule has 0 aromatic carbocycles. The second-order valence-electron chi connectivity index (χ2n) is 5.50. The molecule has 0 aliphatic heterocycles. The summed E-state index contributed by atoms with van der Waals surface area (Å²) >= 11 is 1.37. The van der Waals surface area contributed by atoms with Crippen molar-refractivity contribution in [2.75, 3.05) is 7.05 Å². The van der Waals surface area contributed by atoms with E-state index >= 15 is 0 Å². The van der Waals surface area contributed by atoms with Crippen LogP contribution in [0.3, 0.4) is 0 Å². The molecule has 1 fully saturated rings. The van der Waals surface area contributed by atoms with E-state index in [1.165, 1.54) is 24.2 Å². The van der Waals surface area contributed by atoms with E-state index in [9.17, 15) is 4.79 Å². The topological polar surface area (TPSA) is 59.0 Å². The first-order chi connectivity index (χ1) is 10.1. The first kappa shape index (κ1) is 14.1. The Morgan fingerprint density at radius 1 is 1.38 bits per heavy atom. The molecule has 1 amide bonds. The molecule has 1 aliphatic rings. The lowest BCUT2D eigenvalue weighted by molar-refractivity contribution is 0.0731. The van der Waals surface area contributed by atoms with Crippen molar-refractivity contribution < 1.29 is 4.79 Å². The van der Waals surface area contributed by atoms with Crippen LogP contribution in [0.25, 0.3) is 10.8 Å². The second kappa shape index (κ2) is 5.52. The van der Waals surface area contributed by atoms with Crippen LogP contribution in [-0.4, -0.2) is 38.8 Å². The summed E-state index contributed by atoms with van der Waals surface area (Å²) in [5, 5.41) is 0.698. The molecule has 2 aromatic heterocycles. The summed E-state index contributed by atoms with van der Waals surface area (Å²) in [5.74, 6) is 1.28. The van der Waals surface area contributed by atoms with Gasteiger partial charge >= 0.3 is 0 Å². The Hall–Kier alpha value is -1.82. The van der Waals surface area contributed by atoms with Gasteiger partial charge in [-0.1, -0.05) is 0 Å². The Balaban J connectivity index is 1.85. The van der Waals surface area contributed by atoms with E-state index in [0.717, 1.165) is 5.69 Å². The molecule has 1 atom stereocenters. The number of aromatic nitrogens is 3. The monoisotopic (exact) mass is 302 g/mol. The van der Waals surface area contributed by atoms with Gasteiger partial charge in [-0.25, -0.2) is 15.0 Å². The van der Waals surface area contributed by atoms with Crippen molar-refractivity contribution in [2.24, 2.45) is 5.92 Å². The minimum atomic E-state index is 0.0478. The number of hydrogen-bond donors (Lipinski definition) is 0. The van der Waals surface area contributed by atoms with Crippen LogP contribution in [0.4, 0.5) is 0 Å². The number of nitrogens with zero attached hydrogens (tertiary/aromatic N) is 4. The molecule has 3 rings (SSSR count). The van der Waals surface area contributed by atoms with Gasteiger partial charge in [0.1, 0.15) is 4.88 Å². The Labute approximate surface area is 128 Å². The van der Waals surface area contributed by atoms with Gasteiger partial charge in [-0.15, -0.1) is 11.3 Å². The zero-order chi connectivity index (χ0) is 15.0. The average molecular weight is 302 g/mol. The van der Waals surface area contributed by atoms with E-state index in [1.807, 2.05) is 18.9 Å². The van der Waals surface area contributed by atoms with Gasteiger partial charge in [-0.05, 0) is 38.7 Å². The molecule has 110 valence electrons. The Morgan fingerprint density at radius 3 is 2.67 bits per heavy atom. The number of carbonyl (C=O) groups excluding carboxylic acids is 1. The molecule has 21 heavy (non-hydrogen) atoms. The quantitative estimate of drug-likeness (QED) is 0.871. The molecule has 1 aliphatic carbocycles. The summed E-state index contributed by atoms with van der Waals surface area (Å²) < 4.78 is 0. The summed E-state index contributed by atoms with van der Waals surface area (Å²) in [7, 11) is 1.88. The molecular formula is C15H18N4OS. The average Bonchev–Trinajstić information content (AvgIpc) is 3.28. The highest BCUT2D eigenvalue weighted by atomic mass is 32.1. The highest BCUT2D eigenvalue weighted by Crippen LogP contribution is 2.36. The van der Waals surface area contributed by atoms with Crippen molar-refractivity contribution in [3.05, 3.63) is 29.0 Å². The van der Waals surface area contributed by atoms with E-state index in [4.69, 9.17) is 0 Å². The third-order valence-electron chi connectivity index (χ3n) is 3.98. The Bertz CT molecular complexity index is 651. The summed E-state index contributed by atoms with van der Waals surface area (Å²) in [5.41, 5.74) is 0.752. The molecule has 5 nitrogen and oxygen atoms in total. The maximum atomic E-state index is 12.6. The second-order valence-corrected chi connectivity index (χ2v) is 6.50. The maximum absolute atomic E-state index is 12.6. The lowest BCUT2D eigenvalue weighted by Crippen LogP contribution is -2.36. The third-order valence-corrected chi connectivity index (χ3v) is 5.12. The summed E-state index contributed by atoms with van der Waals surface area (Å²) in [4.78, 5) is 28.0. The smallest absolute Gasteiger partial charge is 0.265 e. The largest absolute Gasteiger partial charge is 0.338 e. The lowest BCUT2D eigenvalue weighted by Gasteiger charge is -2.24. The molecule has 0 N–H and O–H groups in total. The van der Waals surface area contributed by atoms with Crippen LogP contribution in [0.15, 0.2) is 18.5 Å². The van der Waals surface area contributed by atoms with Crippen LogP contribution in [-0.2, 0) is 0 Å². The zero-order valence-corrected chi connectivity index (χ0v) is 13.2. The minimum Gasteiger partial charge on any atom is -0.338 e. The Morgan fingerprint density at radius 2 is 2.05 bits per heavy atom. The third kappa shape index (κ3) is 2.81. The fraction of sp³-hybridized carbons (Fsp3) is 0.467. The van der Waals surface area contributed by atoms with E-state index in [2.05, 4.69) is 21.9 Å². The van der Waals surface area contributed by atoms with Crippen LogP contribution in [0.1, 0.15) is 35.1 Å². The number of rotatable bonds is 4. The molecule has 1 unspecified atom stereocenters. The van der Waals surface area contributed by atoms with E-state index in [1.54, 1.807) is 18.5 Å². The van der Waals surface area contributed by atoms with E-state index < -0.39 is 0 Å². The van der Waals surface area contributed by atoms with Crippen molar-refractivity contribution in [3.8, 4) is 10.8 Å². The van der Waals surface area contributed by atoms with Crippen molar-refractivity contribution in [3.63, 3.8) is 0 Å². The molecular weight excluding hydrogens is 284 g/mol. The van der Waals surface area contributed by atoms with E-state index in [-0.39, 0.29) is 11.9 Å². The first-order valence-electron chi connectivity index (χ1n) is 7.10. The van der Waals surface area contributed by atoms with Crippen molar-refractivity contribution >= 4 is 17.2 Å². The maximum Gasteiger partial charge on any atom is 0.265 e. The fourth-order valence-corrected chi connectivity index (χ4v) is 3.34. The molecule has 0 saturated heterocycles. The lowest BCUT2D eigenvalue weighted by atomic mass is 10.2. The molecule has 0 radical (unpaired) electrons. The van der Waals surface area contributed by atoms with Gasteiger partial charge < -0.3 is 4.90 Å². The molecule has 0 spiro atoms. The Kier molecular flexibility index (Phi) is 3.71. The SMILES string of the molecule is Cc1nc(-c2ncccn2)sc1C(=O)N(C)C(C)C1CC1. The molecule has 6 heteroatoms. The molecule has 2 heterocycles. The molecule has 0 bridgehead atoms. The summed E-state index contributed by atoms with van der Waals surface area (Å²) in [6.45, 7) is 3.99. The highest BCUT2D eigenvalue weighted by molar-refractivity contribution is 7.17. The number of thiazole rings is 1. The van der Waals surface area contributed by atoms with Gasteiger partial charge in [0.05, 0.1) is 5.69 Å². The van der Waals surface area contributed by atoms with Gasteiger partial charge in [-0.3, -0.25) is 4.79 Å². The first-order valence-corrected chi connectivity index (χ1v) is 7.91. The van der Waals surface area contributed by atoms with Gasteiger partial charge in [-0.2, -0.15) is 0 Å². The van der Waals surface area contributed by atoms with Crippen LogP contribution in [0.2, 0.25) is 0 Å². The van der Waals surface area contributed by atoms with Crippen LogP contribution < -0.4 is 0 Å². The van der Waals surface area contributed by atoms with Gasteiger partial charge in [0.25, 0.3) is 5.91 Å². The zero-order valence-electron chi connectivity index (χ0n) is 12.4. The number of amides is 1. The van der Waals surface area contributed by atoms with Crippen LogP contribution in [0.5, 0.6) is 0 Å². The standard InChI is InChI=1S/C15H18N4OS/c1-9-12(15(20)19(3)10(2)11-5-6-11)21-14(18-9)13-16-7-4-8-17-13/h4,7-8,10-11H,5-6H2,1-3H3. The van der Waals surface area contributed by atoms with Crippen LogP contribution >= 0.6 is 11.3 Å². The van der Waals surface area contributed by atoms with Crippen molar-refractivity contribution in [1.29, 1.82) is 0 Å². The van der Waals surface area contributed by atoms with Gasteiger partial charge in [0.2, 0.25) is 0 Å². The van der Waals surface area contributed by atoms with Crippen LogP contribution in [0, 0.1) is 12.8 Å². The normalized spacial score (nSPS) is 15.8. The van der Waals surface area contributed by atoms with Gasteiger partial charge in [0, 0.05) is 25.5 Å². The van der Waals surface area contributed by atoms with Crippen molar-refractivity contribution in [2.45, 2.75) is 32.7 Å².